The molecule has 1 atom stereocenters. The predicted octanol–water partition coefficient (Wildman–Crippen LogP) is 3.95. The van der Waals surface area contributed by atoms with Crippen molar-refractivity contribution in [3.8, 4) is 17.0 Å². The molecule has 1 saturated heterocycles. The van der Waals surface area contributed by atoms with E-state index in [1.54, 1.807) is 18.2 Å². The third-order valence-corrected chi connectivity index (χ3v) is 6.09. The van der Waals surface area contributed by atoms with Crippen molar-refractivity contribution in [3.63, 3.8) is 0 Å². The summed E-state index contributed by atoms with van der Waals surface area (Å²) in [5.74, 6) is 0.188. The largest absolute Gasteiger partial charge is 0.491 e. The number of amides is 1. The number of hydrogen-bond donors (Lipinski definition) is 2. The van der Waals surface area contributed by atoms with E-state index in [4.69, 9.17) is 9.72 Å². The molecule has 0 saturated carbocycles. The lowest BCUT2D eigenvalue weighted by Gasteiger charge is -2.36. The first kappa shape index (κ1) is 23.6. The minimum Gasteiger partial charge on any atom is -0.491 e. The van der Waals surface area contributed by atoms with E-state index in [1.165, 1.54) is 12.4 Å². The molecular weight excluding hydrogens is 459 g/mol. The molecule has 1 unspecified atom stereocenters. The van der Waals surface area contributed by atoms with Crippen LogP contribution in [0.5, 0.6) is 5.75 Å². The van der Waals surface area contributed by atoms with Crippen molar-refractivity contribution in [2.24, 2.45) is 0 Å². The molecule has 1 fully saturated rings. The van der Waals surface area contributed by atoms with Crippen molar-refractivity contribution >= 4 is 28.4 Å². The lowest BCUT2D eigenvalue weighted by atomic mass is 10.1. The SMILES string of the molecule is CCOc1ccc(-c2ccc3ncnc(N4CCNCC4C(=O)Nc4cccc(C)c4)c3n2)cc1F. The Morgan fingerprint density at radius 3 is 2.89 bits per heavy atom. The van der Waals surface area contributed by atoms with Crippen molar-refractivity contribution in [1.29, 1.82) is 0 Å². The maximum Gasteiger partial charge on any atom is 0.248 e. The highest BCUT2D eigenvalue weighted by Gasteiger charge is 2.31. The Balaban J connectivity index is 1.49. The van der Waals surface area contributed by atoms with Crippen LogP contribution >= 0.6 is 0 Å². The van der Waals surface area contributed by atoms with Gasteiger partial charge in [0.25, 0.3) is 0 Å². The van der Waals surface area contributed by atoms with Gasteiger partial charge in [0.05, 0.1) is 17.8 Å². The molecule has 1 aliphatic heterocycles. The summed E-state index contributed by atoms with van der Waals surface area (Å²) >= 11 is 0. The van der Waals surface area contributed by atoms with E-state index < -0.39 is 11.9 Å². The number of nitrogens with one attached hydrogen (secondary N) is 2. The molecule has 3 heterocycles. The Bertz CT molecular complexity index is 1410. The van der Waals surface area contributed by atoms with Crippen molar-refractivity contribution in [1.82, 2.24) is 20.3 Å². The maximum atomic E-state index is 14.5. The predicted molar refractivity (Wildman–Crippen MR) is 138 cm³/mol. The maximum absolute atomic E-state index is 14.5. The van der Waals surface area contributed by atoms with Crippen LogP contribution in [0.15, 0.2) is 60.9 Å². The van der Waals surface area contributed by atoms with Crippen molar-refractivity contribution in [3.05, 3.63) is 72.3 Å². The second-order valence-corrected chi connectivity index (χ2v) is 8.61. The van der Waals surface area contributed by atoms with Gasteiger partial charge in [0.1, 0.15) is 17.9 Å². The number of benzene rings is 2. The standard InChI is InChI=1S/C27H27FN6O2/c1-3-36-24-10-7-18(14-20(24)28)21-8-9-22-25(33-21)26(31-16-30-22)34-12-11-29-15-23(34)27(35)32-19-6-4-5-17(2)13-19/h4-10,13-14,16,23,29H,3,11-12,15H2,1-2H3,(H,32,35). The molecule has 0 spiro atoms. The molecule has 4 aromatic rings. The number of anilines is 2. The summed E-state index contributed by atoms with van der Waals surface area (Å²) in [7, 11) is 0. The summed E-state index contributed by atoms with van der Waals surface area (Å²) < 4.78 is 19.8. The number of aromatic nitrogens is 3. The first-order chi connectivity index (χ1) is 17.5. The molecule has 2 N–H and O–H groups in total. The van der Waals surface area contributed by atoms with E-state index in [-0.39, 0.29) is 11.7 Å². The number of ether oxygens (including phenoxy) is 1. The summed E-state index contributed by atoms with van der Waals surface area (Å²) in [5.41, 5.74) is 4.20. The van der Waals surface area contributed by atoms with Gasteiger partial charge in [-0.15, -0.1) is 0 Å². The Kier molecular flexibility index (Phi) is 6.73. The summed E-state index contributed by atoms with van der Waals surface area (Å²) in [4.78, 5) is 28.9. The normalized spacial score (nSPS) is 15.6. The second-order valence-electron chi connectivity index (χ2n) is 8.61. The molecule has 5 rings (SSSR count). The Labute approximate surface area is 208 Å². The van der Waals surface area contributed by atoms with Crippen molar-refractivity contribution in [2.75, 3.05) is 36.5 Å². The van der Waals surface area contributed by atoms with Crippen molar-refractivity contribution in [2.45, 2.75) is 19.9 Å². The number of rotatable bonds is 6. The Morgan fingerprint density at radius 1 is 1.19 bits per heavy atom. The molecule has 9 heteroatoms. The molecular formula is C27H27FN6O2. The number of halogens is 1. The number of piperazine rings is 1. The van der Waals surface area contributed by atoms with E-state index in [2.05, 4.69) is 20.6 Å². The number of carbonyl (C=O) groups excluding carboxylic acids is 1. The molecule has 0 radical (unpaired) electrons. The van der Waals surface area contributed by atoms with Crippen LogP contribution in [0.1, 0.15) is 12.5 Å². The highest BCUT2D eigenvalue weighted by atomic mass is 19.1. The van der Waals surface area contributed by atoms with Gasteiger partial charge in [-0.25, -0.2) is 19.3 Å². The van der Waals surface area contributed by atoms with Gasteiger partial charge in [0.2, 0.25) is 5.91 Å². The van der Waals surface area contributed by atoms with Gasteiger partial charge in [-0.2, -0.15) is 0 Å². The van der Waals surface area contributed by atoms with E-state index >= 15 is 0 Å². The van der Waals surface area contributed by atoms with Crippen molar-refractivity contribution < 1.29 is 13.9 Å². The van der Waals surface area contributed by atoms with Crippen LogP contribution in [-0.2, 0) is 4.79 Å². The number of aryl methyl sites for hydroxylation is 1. The fraction of sp³-hybridized carbons (Fsp3) is 0.259. The highest BCUT2D eigenvalue weighted by molar-refractivity contribution is 5.99. The summed E-state index contributed by atoms with van der Waals surface area (Å²) in [6, 6.07) is 15.6. The lowest BCUT2D eigenvalue weighted by Crippen LogP contribution is -2.57. The molecule has 1 aliphatic rings. The zero-order valence-electron chi connectivity index (χ0n) is 20.2. The molecule has 0 aliphatic carbocycles. The average Bonchev–Trinajstić information content (AvgIpc) is 2.89. The topological polar surface area (TPSA) is 92.3 Å². The van der Waals surface area contributed by atoms with Crippen LogP contribution in [0.3, 0.4) is 0 Å². The quantitative estimate of drug-likeness (QED) is 0.426. The summed E-state index contributed by atoms with van der Waals surface area (Å²) in [5, 5.41) is 6.32. The fourth-order valence-electron chi connectivity index (χ4n) is 4.37. The molecule has 184 valence electrons. The van der Waals surface area contributed by atoms with Crippen LogP contribution in [0.2, 0.25) is 0 Å². The Hall–Kier alpha value is -4.11. The smallest absolute Gasteiger partial charge is 0.248 e. The van der Waals surface area contributed by atoms with Crippen LogP contribution in [0.4, 0.5) is 15.9 Å². The van der Waals surface area contributed by atoms with Crippen LogP contribution in [0, 0.1) is 12.7 Å². The van der Waals surface area contributed by atoms with E-state index in [1.807, 2.05) is 49.1 Å². The highest BCUT2D eigenvalue weighted by Crippen LogP contribution is 2.29. The van der Waals surface area contributed by atoms with Crippen LogP contribution in [-0.4, -0.2) is 53.1 Å². The van der Waals surface area contributed by atoms with Crippen LogP contribution in [0.25, 0.3) is 22.3 Å². The third-order valence-electron chi connectivity index (χ3n) is 6.09. The summed E-state index contributed by atoms with van der Waals surface area (Å²) in [6.07, 6.45) is 1.48. The van der Waals surface area contributed by atoms with Gasteiger partial charge < -0.3 is 20.3 Å². The molecule has 2 aromatic carbocycles. The molecule has 8 nitrogen and oxygen atoms in total. The van der Waals surface area contributed by atoms with E-state index in [0.29, 0.717) is 54.3 Å². The monoisotopic (exact) mass is 486 g/mol. The zero-order chi connectivity index (χ0) is 25.1. The van der Waals surface area contributed by atoms with Crippen LogP contribution < -0.4 is 20.3 Å². The van der Waals surface area contributed by atoms with Gasteiger partial charge in [0.15, 0.2) is 17.4 Å². The van der Waals surface area contributed by atoms with E-state index in [9.17, 15) is 9.18 Å². The Morgan fingerprint density at radius 2 is 2.08 bits per heavy atom. The van der Waals surface area contributed by atoms with Gasteiger partial charge in [-0.3, -0.25) is 4.79 Å². The number of fused-ring (bicyclic) bond motifs is 1. The van der Waals surface area contributed by atoms with Gasteiger partial charge in [-0.1, -0.05) is 12.1 Å². The van der Waals surface area contributed by atoms with Gasteiger partial charge in [-0.05, 0) is 61.9 Å². The minimum absolute atomic E-state index is 0.135. The average molecular weight is 487 g/mol. The van der Waals surface area contributed by atoms with Gasteiger partial charge >= 0.3 is 0 Å². The van der Waals surface area contributed by atoms with E-state index in [0.717, 1.165) is 11.3 Å². The number of pyridine rings is 1. The molecule has 2 aromatic heterocycles. The first-order valence-electron chi connectivity index (χ1n) is 11.9. The lowest BCUT2D eigenvalue weighted by molar-refractivity contribution is -0.117. The zero-order valence-corrected chi connectivity index (χ0v) is 20.2. The third kappa shape index (κ3) is 4.83. The number of carbonyl (C=O) groups is 1. The molecule has 36 heavy (non-hydrogen) atoms. The number of nitrogens with zero attached hydrogens (tertiary/aromatic N) is 4. The summed E-state index contributed by atoms with van der Waals surface area (Å²) in [6.45, 7) is 5.91. The first-order valence-corrected chi connectivity index (χ1v) is 11.9. The number of hydrogen-bond acceptors (Lipinski definition) is 7. The molecule has 0 bridgehead atoms. The molecule has 1 amide bonds. The van der Waals surface area contributed by atoms with Gasteiger partial charge in [0, 0.05) is 30.9 Å². The second kappa shape index (κ2) is 10.2. The minimum atomic E-state index is -0.495. The fourth-order valence-corrected chi connectivity index (χ4v) is 4.37.